The summed E-state index contributed by atoms with van der Waals surface area (Å²) in [7, 11) is 0. The molecule has 1 aliphatic carbocycles. The third-order valence-electron chi connectivity index (χ3n) is 3.11. The summed E-state index contributed by atoms with van der Waals surface area (Å²) in [5, 5.41) is 0. The van der Waals surface area contributed by atoms with Crippen LogP contribution in [0, 0.1) is 5.82 Å². The van der Waals surface area contributed by atoms with Gasteiger partial charge in [0.1, 0.15) is 12.1 Å². The van der Waals surface area contributed by atoms with E-state index in [-0.39, 0.29) is 5.82 Å². The van der Waals surface area contributed by atoms with Gasteiger partial charge in [0.25, 0.3) is 0 Å². The van der Waals surface area contributed by atoms with E-state index in [9.17, 15) is 9.18 Å². The molecule has 1 aromatic carbocycles. The van der Waals surface area contributed by atoms with Gasteiger partial charge in [-0.25, -0.2) is 4.39 Å². The third kappa shape index (κ3) is 3.05. The number of carbonyl (C=O) groups excluding carboxylic acids is 1. The van der Waals surface area contributed by atoms with Crippen LogP contribution in [-0.4, -0.2) is 18.9 Å². The first kappa shape index (κ1) is 12.1. The van der Waals surface area contributed by atoms with Crippen molar-refractivity contribution in [1.29, 1.82) is 0 Å². The fraction of sp³-hybridized carbons (Fsp3) is 0.500. The molecule has 1 aliphatic rings. The molecular formula is C14H18FNO. The van der Waals surface area contributed by atoms with E-state index in [1.165, 1.54) is 25.0 Å². The Labute approximate surface area is 101 Å². The minimum Gasteiger partial charge on any atom is -0.368 e. The fourth-order valence-corrected chi connectivity index (χ4v) is 2.07. The van der Waals surface area contributed by atoms with Crippen molar-refractivity contribution in [2.24, 2.45) is 0 Å². The van der Waals surface area contributed by atoms with E-state index in [1.54, 1.807) is 6.07 Å². The second-order valence-corrected chi connectivity index (χ2v) is 4.64. The molecule has 0 aromatic heterocycles. The summed E-state index contributed by atoms with van der Waals surface area (Å²) >= 11 is 0. The van der Waals surface area contributed by atoms with Crippen molar-refractivity contribution in [2.75, 3.05) is 11.4 Å². The number of hydrogen-bond acceptors (Lipinski definition) is 2. The Morgan fingerprint density at radius 2 is 2.18 bits per heavy atom. The van der Waals surface area contributed by atoms with Gasteiger partial charge in [-0.05, 0) is 37.5 Å². The zero-order chi connectivity index (χ0) is 12.3. The van der Waals surface area contributed by atoms with Gasteiger partial charge in [0.05, 0.1) is 0 Å². The Morgan fingerprint density at radius 1 is 1.41 bits per heavy atom. The molecule has 0 saturated heterocycles. The molecule has 2 nitrogen and oxygen atoms in total. The van der Waals surface area contributed by atoms with Crippen molar-refractivity contribution in [3.8, 4) is 0 Å². The highest BCUT2D eigenvalue weighted by molar-refractivity contribution is 5.77. The van der Waals surface area contributed by atoms with Crippen LogP contribution in [0.2, 0.25) is 0 Å². The van der Waals surface area contributed by atoms with Crippen molar-refractivity contribution in [3.63, 3.8) is 0 Å². The van der Waals surface area contributed by atoms with Crippen LogP contribution >= 0.6 is 0 Å². The summed E-state index contributed by atoms with van der Waals surface area (Å²) in [5.41, 5.74) is 1.27. The van der Waals surface area contributed by atoms with E-state index in [2.05, 4.69) is 11.8 Å². The van der Waals surface area contributed by atoms with Gasteiger partial charge in [0, 0.05) is 23.8 Å². The average Bonchev–Trinajstić information content (AvgIpc) is 3.13. The molecule has 1 fully saturated rings. The highest BCUT2D eigenvalue weighted by Crippen LogP contribution is 2.32. The Kier molecular flexibility index (Phi) is 3.77. The topological polar surface area (TPSA) is 20.3 Å². The second kappa shape index (κ2) is 5.30. The second-order valence-electron chi connectivity index (χ2n) is 4.64. The van der Waals surface area contributed by atoms with E-state index in [1.807, 2.05) is 0 Å². The largest absolute Gasteiger partial charge is 0.368 e. The van der Waals surface area contributed by atoms with Crippen LogP contribution < -0.4 is 4.90 Å². The third-order valence-corrected chi connectivity index (χ3v) is 3.11. The average molecular weight is 235 g/mol. The van der Waals surface area contributed by atoms with Crippen molar-refractivity contribution in [1.82, 2.24) is 0 Å². The lowest BCUT2D eigenvalue weighted by atomic mass is 10.2. The zero-order valence-corrected chi connectivity index (χ0v) is 10.2. The standard InChI is InChI=1S/C14H18FNO/c1-2-3-6-16(13-4-5-13)14-8-11(10-17)7-12(15)9-14/h7-10,13H,2-6H2,1H3. The molecule has 0 amide bonds. The van der Waals surface area contributed by atoms with E-state index in [0.29, 0.717) is 17.9 Å². The maximum absolute atomic E-state index is 13.4. The summed E-state index contributed by atoms with van der Waals surface area (Å²) in [6, 6.07) is 5.13. The number of aldehydes is 1. The van der Waals surface area contributed by atoms with E-state index in [0.717, 1.165) is 25.1 Å². The molecular weight excluding hydrogens is 217 g/mol. The number of rotatable bonds is 6. The van der Waals surface area contributed by atoms with Gasteiger partial charge in [-0.2, -0.15) is 0 Å². The van der Waals surface area contributed by atoms with Crippen molar-refractivity contribution >= 4 is 12.0 Å². The molecule has 0 radical (unpaired) electrons. The lowest BCUT2D eigenvalue weighted by Gasteiger charge is -2.24. The molecule has 2 rings (SSSR count). The lowest BCUT2D eigenvalue weighted by molar-refractivity contribution is 0.112. The van der Waals surface area contributed by atoms with Gasteiger partial charge in [-0.1, -0.05) is 13.3 Å². The molecule has 3 heteroatoms. The van der Waals surface area contributed by atoms with Gasteiger partial charge in [-0.15, -0.1) is 0 Å². The van der Waals surface area contributed by atoms with Crippen LogP contribution in [0.25, 0.3) is 0 Å². The number of anilines is 1. The molecule has 92 valence electrons. The summed E-state index contributed by atoms with van der Waals surface area (Å²) in [6.07, 6.45) is 5.29. The van der Waals surface area contributed by atoms with Crippen molar-refractivity contribution in [2.45, 2.75) is 38.6 Å². The predicted molar refractivity (Wildman–Crippen MR) is 67.1 cm³/mol. The minimum absolute atomic E-state index is 0.327. The summed E-state index contributed by atoms with van der Waals surface area (Å²) in [5.74, 6) is -0.327. The Morgan fingerprint density at radius 3 is 2.76 bits per heavy atom. The molecule has 0 bridgehead atoms. The van der Waals surface area contributed by atoms with Crippen molar-refractivity contribution < 1.29 is 9.18 Å². The van der Waals surface area contributed by atoms with Gasteiger partial charge in [0.15, 0.2) is 0 Å². The normalized spacial score (nSPS) is 14.7. The highest BCUT2D eigenvalue weighted by Gasteiger charge is 2.29. The van der Waals surface area contributed by atoms with Crippen LogP contribution in [-0.2, 0) is 0 Å². The van der Waals surface area contributed by atoms with Crippen LogP contribution in [0.3, 0.4) is 0 Å². The van der Waals surface area contributed by atoms with Crippen LogP contribution in [0.5, 0.6) is 0 Å². The molecule has 1 aromatic rings. The van der Waals surface area contributed by atoms with E-state index in [4.69, 9.17) is 0 Å². The quantitative estimate of drug-likeness (QED) is 0.704. The maximum Gasteiger partial charge on any atom is 0.150 e. The smallest absolute Gasteiger partial charge is 0.150 e. The Balaban J connectivity index is 2.21. The maximum atomic E-state index is 13.4. The van der Waals surface area contributed by atoms with Gasteiger partial charge in [-0.3, -0.25) is 4.79 Å². The van der Waals surface area contributed by atoms with Crippen LogP contribution in [0.1, 0.15) is 43.0 Å². The predicted octanol–water partition coefficient (Wildman–Crippen LogP) is 3.41. The van der Waals surface area contributed by atoms with Gasteiger partial charge in [0.2, 0.25) is 0 Å². The number of halogens is 1. The number of hydrogen-bond donors (Lipinski definition) is 0. The van der Waals surface area contributed by atoms with E-state index >= 15 is 0 Å². The monoisotopic (exact) mass is 235 g/mol. The van der Waals surface area contributed by atoms with E-state index < -0.39 is 0 Å². The molecule has 1 saturated carbocycles. The first-order valence-corrected chi connectivity index (χ1v) is 6.27. The molecule has 0 aliphatic heterocycles. The molecule has 0 heterocycles. The lowest BCUT2D eigenvalue weighted by Crippen LogP contribution is -2.26. The highest BCUT2D eigenvalue weighted by atomic mass is 19.1. The first-order valence-electron chi connectivity index (χ1n) is 6.27. The molecule has 0 N–H and O–H groups in total. The zero-order valence-electron chi connectivity index (χ0n) is 10.2. The summed E-state index contributed by atoms with van der Waals surface area (Å²) < 4.78 is 13.4. The fourth-order valence-electron chi connectivity index (χ4n) is 2.07. The van der Waals surface area contributed by atoms with Gasteiger partial charge < -0.3 is 4.90 Å². The Bertz CT molecular complexity index is 401. The molecule has 17 heavy (non-hydrogen) atoms. The SMILES string of the molecule is CCCCN(c1cc(F)cc(C=O)c1)C1CC1. The number of nitrogens with zero attached hydrogens (tertiary/aromatic N) is 1. The number of benzene rings is 1. The van der Waals surface area contributed by atoms with Crippen LogP contribution in [0.4, 0.5) is 10.1 Å². The summed E-state index contributed by atoms with van der Waals surface area (Å²) in [6.45, 7) is 3.09. The molecule has 0 atom stereocenters. The van der Waals surface area contributed by atoms with Crippen molar-refractivity contribution in [3.05, 3.63) is 29.6 Å². The molecule has 0 unspecified atom stereocenters. The van der Waals surface area contributed by atoms with Crippen LogP contribution in [0.15, 0.2) is 18.2 Å². The Hall–Kier alpha value is -1.38. The molecule has 0 spiro atoms. The minimum atomic E-state index is -0.327. The number of carbonyl (C=O) groups is 1. The van der Waals surface area contributed by atoms with Gasteiger partial charge >= 0.3 is 0 Å². The number of unbranched alkanes of at least 4 members (excludes halogenated alkanes) is 1. The first-order chi connectivity index (χ1) is 8.24. The summed E-state index contributed by atoms with van der Waals surface area (Å²) in [4.78, 5) is 13.0.